The van der Waals surface area contributed by atoms with Crippen molar-refractivity contribution in [3.63, 3.8) is 0 Å². The number of rotatable bonds is 7. The summed E-state index contributed by atoms with van der Waals surface area (Å²) in [4.78, 5) is 23.2. The topological polar surface area (TPSA) is 72.2 Å². The van der Waals surface area contributed by atoms with Crippen LogP contribution < -0.4 is 11.1 Å². The van der Waals surface area contributed by atoms with Gasteiger partial charge in [0.15, 0.2) is 0 Å². The first-order valence-electron chi connectivity index (χ1n) is 6.79. The lowest BCUT2D eigenvalue weighted by Crippen LogP contribution is -2.22. The van der Waals surface area contributed by atoms with E-state index < -0.39 is 5.91 Å². The molecule has 0 fully saturated rings. The van der Waals surface area contributed by atoms with Crippen molar-refractivity contribution in [2.24, 2.45) is 11.7 Å². The van der Waals surface area contributed by atoms with E-state index in [9.17, 15) is 9.59 Å². The number of carbonyl (C=O) groups is 2. The van der Waals surface area contributed by atoms with Gasteiger partial charge in [-0.2, -0.15) is 0 Å². The second-order valence-corrected chi connectivity index (χ2v) is 4.68. The summed E-state index contributed by atoms with van der Waals surface area (Å²) >= 11 is 0. The van der Waals surface area contributed by atoms with E-state index in [4.69, 9.17) is 5.73 Å². The minimum absolute atomic E-state index is 0.0116. The average Bonchev–Trinajstić information content (AvgIpc) is 2.40. The maximum atomic E-state index is 12.1. The summed E-state index contributed by atoms with van der Waals surface area (Å²) in [5.74, 6) is -0.455. The van der Waals surface area contributed by atoms with Gasteiger partial charge in [-0.3, -0.25) is 9.59 Å². The fourth-order valence-corrected chi connectivity index (χ4v) is 1.97. The van der Waals surface area contributed by atoms with Crippen LogP contribution in [0.25, 0.3) is 0 Å². The molecule has 3 N–H and O–H groups in total. The van der Waals surface area contributed by atoms with Gasteiger partial charge in [0, 0.05) is 17.2 Å². The van der Waals surface area contributed by atoms with Crippen LogP contribution in [0.2, 0.25) is 0 Å². The van der Waals surface area contributed by atoms with Gasteiger partial charge in [-0.15, -0.1) is 0 Å². The van der Waals surface area contributed by atoms with E-state index in [-0.39, 0.29) is 11.8 Å². The van der Waals surface area contributed by atoms with Crippen LogP contribution in [0.3, 0.4) is 0 Å². The Morgan fingerprint density at radius 1 is 1.32 bits per heavy atom. The fourth-order valence-electron chi connectivity index (χ4n) is 1.97. The molecule has 1 rings (SSSR count). The van der Waals surface area contributed by atoms with Crippen LogP contribution in [0.1, 0.15) is 49.9 Å². The van der Waals surface area contributed by atoms with Crippen LogP contribution in [0.5, 0.6) is 0 Å². The van der Waals surface area contributed by atoms with Gasteiger partial charge in [-0.1, -0.05) is 32.8 Å². The van der Waals surface area contributed by atoms with Gasteiger partial charge in [0.05, 0.1) is 0 Å². The Morgan fingerprint density at radius 2 is 2.05 bits per heavy atom. The predicted molar refractivity (Wildman–Crippen MR) is 76.9 cm³/mol. The van der Waals surface area contributed by atoms with Crippen molar-refractivity contribution in [3.8, 4) is 0 Å². The van der Waals surface area contributed by atoms with Crippen LogP contribution in [0.4, 0.5) is 5.69 Å². The maximum absolute atomic E-state index is 12.1. The van der Waals surface area contributed by atoms with Crippen LogP contribution in [-0.2, 0) is 4.79 Å². The van der Waals surface area contributed by atoms with Crippen molar-refractivity contribution in [2.75, 3.05) is 5.32 Å². The Bertz CT molecular complexity index is 444. The smallest absolute Gasteiger partial charge is 0.248 e. The maximum Gasteiger partial charge on any atom is 0.248 e. The first kappa shape index (κ1) is 15.2. The number of nitrogens with one attached hydrogen (secondary N) is 1. The second-order valence-electron chi connectivity index (χ2n) is 4.68. The third kappa shape index (κ3) is 4.73. The summed E-state index contributed by atoms with van der Waals surface area (Å²) in [5, 5.41) is 2.85. The van der Waals surface area contributed by atoms with Crippen LogP contribution in [0.15, 0.2) is 24.3 Å². The highest BCUT2D eigenvalue weighted by molar-refractivity contribution is 5.96. The largest absolute Gasteiger partial charge is 0.366 e. The quantitative estimate of drug-likeness (QED) is 0.793. The minimum atomic E-state index is -0.492. The van der Waals surface area contributed by atoms with Gasteiger partial charge in [0.1, 0.15) is 0 Å². The summed E-state index contributed by atoms with van der Waals surface area (Å²) in [5.41, 5.74) is 6.24. The third-order valence-electron chi connectivity index (χ3n) is 3.18. The van der Waals surface area contributed by atoms with E-state index in [0.717, 1.165) is 25.7 Å². The lowest BCUT2D eigenvalue weighted by molar-refractivity contribution is -0.120. The Kier molecular flexibility index (Phi) is 6.06. The standard InChI is InChI=1S/C15H22N2O2/c1-3-5-7-11(4-2)15(19)17-13-9-6-8-12(10-13)14(16)18/h6,8-11H,3-5,7H2,1-2H3,(H2,16,18)(H,17,19). The van der Waals surface area contributed by atoms with E-state index in [0.29, 0.717) is 11.3 Å². The number of nitrogens with two attached hydrogens (primary N) is 1. The molecule has 0 aliphatic rings. The highest BCUT2D eigenvalue weighted by atomic mass is 16.2. The molecule has 1 aromatic rings. The van der Waals surface area contributed by atoms with Crippen molar-refractivity contribution < 1.29 is 9.59 Å². The molecule has 0 aromatic heterocycles. The molecule has 0 saturated heterocycles. The summed E-state index contributed by atoms with van der Waals surface area (Å²) in [6.07, 6.45) is 3.85. The van der Waals surface area contributed by atoms with Gasteiger partial charge >= 0.3 is 0 Å². The lowest BCUT2D eigenvalue weighted by atomic mass is 9.98. The van der Waals surface area contributed by atoms with E-state index in [1.54, 1.807) is 24.3 Å². The molecule has 1 atom stereocenters. The van der Waals surface area contributed by atoms with Crippen LogP contribution in [-0.4, -0.2) is 11.8 Å². The molecule has 4 heteroatoms. The Labute approximate surface area is 114 Å². The molecule has 0 spiro atoms. The fraction of sp³-hybridized carbons (Fsp3) is 0.467. The Morgan fingerprint density at radius 3 is 2.63 bits per heavy atom. The third-order valence-corrected chi connectivity index (χ3v) is 3.18. The molecule has 19 heavy (non-hydrogen) atoms. The number of hydrogen-bond donors (Lipinski definition) is 2. The summed E-state index contributed by atoms with van der Waals surface area (Å²) in [6, 6.07) is 6.71. The Hall–Kier alpha value is -1.84. The van der Waals surface area contributed by atoms with Crippen molar-refractivity contribution in [3.05, 3.63) is 29.8 Å². The molecular formula is C15H22N2O2. The van der Waals surface area contributed by atoms with E-state index >= 15 is 0 Å². The van der Waals surface area contributed by atoms with Gasteiger partial charge in [0.2, 0.25) is 11.8 Å². The zero-order valence-electron chi connectivity index (χ0n) is 11.6. The normalized spacial score (nSPS) is 11.9. The Balaban J connectivity index is 2.69. The lowest BCUT2D eigenvalue weighted by Gasteiger charge is -2.14. The molecule has 1 unspecified atom stereocenters. The number of benzene rings is 1. The van der Waals surface area contributed by atoms with E-state index in [1.807, 2.05) is 6.92 Å². The first-order valence-corrected chi connectivity index (χ1v) is 6.79. The molecule has 0 aliphatic carbocycles. The van der Waals surface area contributed by atoms with Gasteiger partial charge < -0.3 is 11.1 Å². The zero-order chi connectivity index (χ0) is 14.3. The van der Waals surface area contributed by atoms with Gasteiger partial charge in [0.25, 0.3) is 0 Å². The summed E-state index contributed by atoms with van der Waals surface area (Å²) in [7, 11) is 0. The van der Waals surface area contributed by atoms with Crippen molar-refractivity contribution in [1.29, 1.82) is 0 Å². The SMILES string of the molecule is CCCCC(CC)C(=O)Nc1cccc(C(N)=O)c1. The molecule has 4 nitrogen and oxygen atoms in total. The van der Waals surface area contributed by atoms with E-state index in [1.165, 1.54) is 0 Å². The zero-order valence-corrected chi connectivity index (χ0v) is 11.6. The first-order chi connectivity index (χ1) is 9.08. The molecule has 0 saturated carbocycles. The molecule has 0 radical (unpaired) electrons. The molecular weight excluding hydrogens is 240 g/mol. The number of unbranched alkanes of at least 4 members (excludes halogenated alkanes) is 1. The predicted octanol–water partition coefficient (Wildman–Crippen LogP) is 2.94. The average molecular weight is 262 g/mol. The number of anilines is 1. The number of hydrogen-bond acceptors (Lipinski definition) is 2. The molecule has 0 aliphatic heterocycles. The molecule has 104 valence electrons. The molecule has 0 heterocycles. The summed E-state index contributed by atoms with van der Waals surface area (Å²) < 4.78 is 0. The van der Waals surface area contributed by atoms with Gasteiger partial charge in [-0.25, -0.2) is 0 Å². The molecule has 2 amide bonds. The number of primary amides is 1. The summed E-state index contributed by atoms with van der Waals surface area (Å²) in [6.45, 7) is 4.13. The van der Waals surface area contributed by atoms with Gasteiger partial charge in [-0.05, 0) is 31.0 Å². The van der Waals surface area contributed by atoms with Crippen LogP contribution in [0, 0.1) is 5.92 Å². The highest BCUT2D eigenvalue weighted by Crippen LogP contribution is 2.17. The van der Waals surface area contributed by atoms with E-state index in [2.05, 4.69) is 12.2 Å². The van der Waals surface area contributed by atoms with Crippen molar-refractivity contribution in [2.45, 2.75) is 39.5 Å². The van der Waals surface area contributed by atoms with Crippen molar-refractivity contribution in [1.82, 2.24) is 0 Å². The van der Waals surface area contributed by atoms with Crippen molar-refractivity contribution >= 4 is 17.5 Å². The molecule has 0 bridgehead atoms. The minimum Gasteiger partial charge on any atom is -0.366 e. The molecule has 1 aromatic carbocycles. The second kappa shape index (κ2) is 7.56. The highest BCUT2D eigenvalue weighted by Gasteiger charge is 2.16. The monoisotopic (exact) mass is 262 g/mol. The number of amides is 2. The van der Waals surface area contributed by atoms with Crippen LogP contribution >= 0.6 is 0 Å². The number of carbonyl (C=O) groups excluding carboxylic acids is 2.